The van der Waals surface area contributed by atoms with Crippen molar-refractivity contribution in [3.8, 4) is 0 Å². The van der Waals surface area contributed by atoms with E-state index in [-0.39, 0.29) is 0 Å². The van der Waals surface area contributed by atoms with Gasteiger partial charge in [-0.3, -0.25) is 0 Å². The quantitative estimate of drug-likeness (QED) is 0.450. The summed E-state index contributed by atoms with van der Waals surface area (Å²) in [5.41, 5.74) is 0. The van der Waals surface area contributed by atoms with Gasteiger partial charge in [-0.2, -0.15) is 0 Å². The van der Waals surface area contributed by atoms with Crippen LogP contribution in [0.25, 0.3) is 0 Å². The molecule has 23 heavy (non-hydrogen) atoms. The van der Waals surface area contributed by atoms with Crippen molar-refractivity contribution in [2.45, 2.75) is 78.1 Å². The fraction of sp³-hybridized carbons (Fsp3) is 1.00. The standard InChI is InChI=1S/C11H23N.C9H20NP/c1-11(2)7-6-10-12-8-4-3-5-9-12;11-9-5-4-8-10-6-2-1-3-7-10/h11H,3-10H2,1-2H3;1-9,11H2. The molecule has 138 valence electrons. The van der Waals surface area contributed by atoms with Crippen LogP contribution in [0.5, 0.6) is 0 Å². The molecule has 0 spiro atoms. The summed E-state index contributed by atoms with van der Waals surface area (Å²) in [6, 6.07) is 0. The molecule has 0 radical (unpaired) electrons. The zero-order chi connectivity index (χ0) is 16.8. The Balaban J connectivity index is 0.000000231. The molecule has 2 fully saturated rings. The molecular formula is C20H43N2P. The van der Waals surface area contributed by atoms with Crippen molar-refractivity contribution in [3.05, 3.63) is 0 Å². The van der Waals surface area contributed by atoms with E-state index >= 15 is 0 Å². The summed E-state index contributed by atoms with van der Waals surface area (Å²) in [5.74, 6) is 0.884. The Morgan fingerprint density at radius 3 is 1.61 bits per heavy atom. The Hall–Kier alpha value is 0.350. The molecule has 0 aromatic heterocycles. The van der Waals surface area contributed by atoms with Crippen molar-refractivity contribution in [1.82, 2.24) is 9.80 Å². The van der Waals surface area contributed by atoms with Gasteiger partial charge in [0.15, 0.2) is 0 Å². The van der Waals surface area contributed by atoms with Gasteiger partial charge in [0.25, 0.3) is 0 Å². The highest BCUT2D eigenvalue weighted by Crippen LogP contribution is 2.11. The van der Waals surface area contributed by atoms with E-state index in [0.717, 1.165) is 5.92 Å². The Bertz CT molecular complexity index is 246. The van der Waals surface area contributed by atoms with Gasteiger partial charge in [-0.15, -0.1) is 9.24 Å². The molecule has 1 unspecified atom stereocenters. The lowest BCUT2D eigenvalue weighted by Gasteiger charge is -2.26. The number of piperidine rings is 2. The van der Waals surface area contributed by atoms with Crippen molar-refractivity contribution < 1.29 is 0 Å². The first kappa shape index (κ1) is 21.4. The molecule has 2 saturated heterocycles. The second-order valence-electron chi connectivity index (χ2n) is 7.84. The average Bonchev–Trinajstić information content (AvgIpc) is 2.57. The number of unbranched alkanes of at least 4 members (excludes halogenated alkanes) is 1. The molecule has 0 N–H and O–H groups in total. The first-order valence-corrected chi connectivity index (χ1v) is 11.2. The summed E-state index contributed by atoms with van der Waals surface area (Å²) >= 11 is 0. The highest BCUT2D eigenvalue weighted by molar-refractivity contribution is 7.16. The van der Waals surface area contributed by atoms with Crippen LogP contribution in [0.15, 0.2) is 0 Å². The number of nitrogens with zero attached hydrogens (tertiary/aromatic N) is 2. The zero-order valence-corrected chi connectivity index (χ0v) is 17.2. The Morgan fingerprint density at radius 1 is 0.696 bits per heavy atom. The third kappa shape index (κ3) is 12.4. The molecule has 2 nitrogen and oxygen atoms in total. The minimum Gasteiger partial charge on any atom is -0.303 e. The molecule has 0 bridgehead atoms. The SMILES string of the molecule is CC(C)CCCN1CCCCC1.PCCCCN1CCCCC1. The average molecular weight is 343 g/mol. The van der Waals surface area contributed by atoms with E-state index in [2.05, 4.69) is 32.9 Å². The summed E-state index contributed by atoms with van der Waals surface area (Å²) in [5, 5.41) is 0. The van der Waals surface area contributed by atoms with Gasteiger partial charge in [-0.25, -0.2) is 0 Å². The molecular weight excluding hydrogens is 299 g/mol. The van der Waals surface area contributed by atoms with Gasteiger partial charge < -0.3 is 9.80 Å². The van der Waals surface area contributed by atoms with Gasteiger partial charge in [-0.05, 0) is 103 Å². The molecule has 0 aromatic rings. The molecule has 3 heteroatoms. The van der Waals surface area contributed by atoms with Crippen LogP contribution >= 0.6 is 9.24 Å². The van der Waals surface area contributed by atoms with Crippen molar-refractivity contribution in [3.63, 3.8) is 0 Å². The summed E-state index contributed by atoms with van der Waals surface area (Å²) in [7, 11) is 2.80. The molecule has 2 aliphatic heterocycles. The lowest BCUT2D eigenvalue weighted by atomic mass is 10.1. The van der Waals surface area contributed by atoms with E-state index in [1.54, 1.807) is 0 Å². The van der Waals surface area contributed by atoms with E-state index in [4.69, 9.17) is 0 Å². The van der Waals surface area contributed by atoms with Crippen LogP contribution in [-0.2, 0) is 0 Å². The molecule has 0 aromatic carbocycles. The predicted molar refractivity (Wildman–Crippen MR) is 108 cm³/mol. The van der Waals surface area contributed by atoms with Crippen LogP contribution in [0.4, 0.5) is 0 Å². The smallest absolute Gasteiger partial charge is 0.00186 e. The van der Waals surface area contributed by atoms with E-state index in [0.29, 0.717) is 0 Å². The molecule has 0 aliphatic carbocycles. The van der Waals surface area contributed by atoms with E-state index < -0.39 is 0 Å². The Labute approximate surface area is 149 Å². The summed E-state index contributed by atoms with van der Waals surface area (Å²) < 4.78 is 0. The van der Waals surface area contributed by atoms with Crippen molar-refractivity contribution in [1.29, 1.82) is 0 Å². The normalized spacial score (nSPS) is 20.3. The van der Waals surface area contributed by atoms with Crippen LogP contribution in [0.2, 0.25) is 0 Å². The fourth-order valence-corrected chi connectivity index (χ4v) is 3.86. The topological polar surface area (TPSA) is 6.48 Å². The number of likely N-dealkylation sites (tertiary alicyclic amines) is 2. The second kappa shape index (κ2) is 14.7. The number of hydrogen-bond acceptors (Lipinski definition) is 2. The number of hydrogen-bond donors (Lipinski definition) is 0. The Kier molecular flexibility index (Phi) is 13.6. The highest BCUT2D eigenvalue weighted by atomic mass is 31.0. The molecule has 1 atom stereocenters. The molecule has 2 rings (SSSR count). The third-order valence-electron chi connectivity index (χ3n) is 5.08. The van der Waals surface area contributed by atoms with Crippen molar-refractivity contribution >= 4 is 9.24 Å². The first-order valence-electron chi connectivity index (χ1n) is 10.4. The molecule has 0 saturated carbocycles. The summed E-state index contributed by atoms with van der Waals surface area (Å²) in [6.07, 6.45) is 15.5. The molecule has 2 aliphatic rings. The summed E-state index contributed by atoms with van der Waals surface area (Å²) in [6.45, 7) is 12.8. The molecule has 0 amide bonds. The number of rotatable bonds is 8. The van der Waals surface area contributed by atoms with Crippen LogP contribution in [0, 0.1) is 5.92 Å². The predicted octanol–water partition coefficient (Wildman–Crippen LogP) is 5.04. The first-order chi connectivity index (χ1) is 11.2. The fourth-order valence-electron chi connectivity index (χ4n) is 3.57. The largest absolute Gasteiger partial charge is 0.303 e. The highest BCUT2D eigenvalue weighted by Gasteiger charge is 2.09. The van der Waals surface area contributed by atoms with Crippen LogP contribution in [0.3, 0.4) is 0 Å². The lowest BCUT2D eigenvalue weighted by Crippen LogP contribution is -2.30. The second-order valence-corrected chi connectivity index (χ2v) is 8.41. The molecule has 2 heterocycles. The monoisotopic (exact) mass is 342 g/mol. The third-order valence-corrected chi connectivity index (χ3v) is 5.49. The van der Waals surface area contributed by atoms with E-state index in [1.807, 2.05) is 0 Å². The van der Waals surface area contributed by atoms with Gasteiger partial charge in [0.1, 0.15) is 0 Å². The maximum Gasteiger partial charge on any atom is -0.00186 e. The maximum atomic E-state index is 2.80. The van der Waals surface area contributed by atoms with E-state index in [9.17, 15) is 0 Å². The van der Waals surface area contributed by atoms with Gasteiger partial charge in [-0.1, -0.05) is 26.7 Å². The van der Waals surface area contributed by atoms with Crippen molar-refractivity contribution in [2.24, 2.45) is 5.92 Å². The van der Waals surface area contributed by atoms with Gasteiger partial charge in [0, 0.05) is 0 Å². The van der Waals surface area contributed by atoms with Crippen LogP contribution in [0.1, 0.15) is 78.1 Å². The van der Waals surface area contributed by atoms with Crippen LogP contribution in [-0.4, -0.2) is 55.2 Å². The minimum atomic E-state index is 0.884. The summed E-state index contributed by atoms with van der Waals surface area (Å²) in [4.78, 5) is 5.25. The van der Waals surface area contributed by atoms with E-state index in [1.165, 1.54) is 110 Å². The Morgan fingerprint density at radius 2 is 1.17 bits per heavy atom. The lowest BCUT2D eigenvalue weighted by molar-refractivity contribution is 0.221. The van der Waals surface area contributed by atoms with Gasteiger partial charge >= 0.3 is 0 Å². The van der Waals surface area contributed by atoms with Gasteiger partial charge in [0.2, 0.25) is 0 Å². The zero-order valence-electron chi connectivity index (χ0n) is 16.1. The van der Waals surface area contributed by atoms with Gasteiger partial charge in [0.05, 0.1) is 0 Å². The maximum absolute atomic E-state index is 2.80. The minimum absolute atomic E-state index is 0.884. The van der Waals surface area contributed by atoms with Crippen molar-refractivity contribution in [2.75, 3.05) is 45.4 Å². The van der Waals surface area contributed by atoms with Crippen LogP contribution < -0.4 is 0 Å².